The summed E-state index contributed by atoms with van der Waals surface area (Å²) in [5.74, 6) is 0.982. The summed E-state index contributed by atoms with van der Waals surface area (Å²) in [7, 11) is 0. The molecule has 0 aromatic heterocycles. The molecule has 2 aliphatic rings. The second kappa shape index (κ2) is 5.67. The van der Waals surface area contributed by atoms with Gasteiger partial charge in [0.2, 0.25) is 0 Å². The molecule has 2 rings (SSSR count). The van der Waals surface area contributed by atoms with Gasteiger partial charge in [0, 0.05) is 39.3 Å². The van der Waals surface area contributed by atoms with Crippen LogP contribution in [0.4, 0.5) is 4.79 Å². The third kappa shape index (κ3) is 4.01. The lowest BCUT2D eigenvalue weighted by Gasteiger charge is -2.37. The van der Waals surface area contributed by atoms with Crippen LogP contribution in [0, 0.1) is 0 Å². The van der Waals surface area contributed by atoms with Gasteiger partial charge in [-0.2, -0.15) is 0 Å². The molecular formula is C13H24N4O2. The molecule has 0 spiro atoms. The number of hydrogen-bond donors (Lipinski definition) is 1. The zero-order chi connectivity index (χ0) is 13.9. The Kier molecular flexibility index (Phi) is 4.17. The van der Waals surface area contributed by atoms with Gasteiger partial charge in [-0.1, -0.05) is 0 Å². The molecule has 1 amide bonds. The van der Waals surface area contributed by atoms with Gasteiger partial charge >= 0.3 is 6.09 Å². The summed E-state index contributed by atoms with van der Waals surface area (Å²) in [4.78, 5) is 20.4. The lowest BCUT2D eigenvalue weighted by atomic mass is 10.2. The van der Waals surface area contributed by atoms with Gasteiger partial charge < -0.3 is 19.9 Å². The van der Waals surface area contributed by atoms with E-state index < -0.39 is 5.60 Å². The summed E-state index contributed by atoms with van der Waals surface area (Å²) >= 11 is 0. The van der Waals surface area contributed by atoms with Crippen LogP contribution in [-0.4, -0.2) is 66.7 Å². The highest BCUT2D eigenvalue weighted by atomic mass is 16.6. The first-order valence-corrected chi connectivity index (χ1v) is 6.97. The first kappa shape index (κ1) is 14.0. The van der Waals surface area contributed by atoms with Gasteiger partial charge in [0.25, 0.3) is 0 Å². The monoisotopic (exact) mass is 268 g/mol. The van der Waals surface area contributed by atoms with Crippen molar-refractivity contribution in [2.75, 3.05) is 39.3 Å². The van der Waals surface area contributed by atoms with Crippen molar-refractivity contribution < 1.29 is 9.53 Å². The Morgan fingerprint density at radius 2 is 1.95 bits per heavy atom. The molecule has 2 aliphatic heterocycles. The predicted octanol–water partition coefficient (Wildman–Crippen LogP) is 0.888. The van der Waals surface area contributed by atoms with E-state index in [4.69, 9.17) is 4.74 Å². The SMILES string of the molecule is CC(C)(C)OC(=O)N1CCN(C2=NCCCN2)CC1. The van der Waals surface area contributed by atoms with Crippen LogP contribution in [0.15, 0.2) is 4.99 Å². The molecule has 1 fully saturated rings. The van der Waals surface area contributed by atoms with Crippen LogP contribution in [-0.2, 0) is 4.74 Å². The van der Waals surface area contributed by atoms with Crippen LogP contribution < -0.4 is 5.32 Å². The topological polar surface area (TPSA) is 57.2 Å². The van der Waals surface area contributed by atoms with Crippen molar-refractivity contribution in [3.05, 3.63) is 0 Å². The van der Waals surface area contributed by atoms with E-state index in [1.165, 1.54) is 0 Å². The molecule has 0 bridgehead atoms. The van der Waals surface area contributed by atoms with Gasteiger partial charge in [0.1, 0.15) is 5.60 Å². The molecule has 1 saturated heterocycles. The minimum atomic E-state index is -0.427. The maximum absolute atomic E-state index is 11.9. The van der Waals surface area contributed by atoms with E-state index in [1.54, 1.807) is 4.90 Å². The van der Waals surface area contributed by atoms with Crippen LogP contribution >= 0.6 is 0 Å². The summed E-state index contributed by atoms with van der Waals surface area (Å²) in [5, 5.41) is 3.31. The first-order chi connectivity index (χ1) is 8.96. The summed E-state index contributed by atoms with van der Waals surface area (Å²) in [5.41, 5.74) is -0.427. The average molecular weight is 268 g/mol. The van der Waals surface area contributed by atoms with Gasteiger partial charge in [0.15, 0.2) is 5.96 Å². The van der Waals surface area contributed by atoms with Gasteiger partial charge in [-0.25, -0.2) is 4.79 Å². The molecule has 0 aromatic carbocycles. The molecule has 6 heteroatoms. The number of rotatable bonds is 0. The van der Waals surface area contributed by atoms with Crippen molar-refractivity contribution in [3.8, 4) is 0 Å². The standard InChI is InChI=1S/C13H24N4O2/c1-13(2,3)19-12(18)17-9-7-16(8-10-17)11-14-5-4-6-15-11/h4-10H2,1-3H3,(H,14,15). The van der Waals surface area contributed by atoms with E-state index in [9.17, 15) is 4.79 Å². The molecule has 0 atom stereocenters. The fourth-order valence-corrected chi connectivity index (χ4v) is 2.16. The highest BCUT2D eigenvalue weighted by Gasteiger charge is 2.27. The third-order valence-electron chi connectivity index (χ3n) is 3.11. The summed E-state index contributed by atoms with van der Waals surface area (Å²) in [6.07, 6.45) is 0.882. The normalized spacial score (nSPS) is 20.7. The Labute approximate surface area is 114 Å². The fourth-order valence-electron chi connectivity index (χ4n) is 2.16. The van der Waals surface area contributed by atoms with Crippen molar-refractivity contribution in [1.82, 2.24) is 15.1 Å². The second-order valence-corrected chi connectivity index (χ2v) is 5.94. The maximum Gasteiger partial charge on any atom is 0.410 e. The molecule has 0 aromatic rings. The fraction of sp³-hybridized carbons (Fsp3) is 0.846. The van der Waals surface area contributed by atoms with E-state index in [0.29, 0.717) is 13.1 Å². The number of nitrogens with zero attached hydrogens (tertiary/aromatic N) is 3. The second-order valence-electron chi connectivity index (χ2n) is 5.94. The highest BCUT2D eigenvalue weighted by Crippen LogP contribution is 2.12. The number of aliphatic imine (C=N–C) groups is 1. The van der Waals surface area contributed by atoms with Crippen molar-refractivity contribution in [3.63, 3.8) is 0 Å². The number of amides is 1. The Morgan fingerprint density at radius 3 is 2.47 bits per heavy atom. The summed E-state index contributed by atoms with van der Waals surface area (Å²) in [6, 6.07) is 0. The Morgan fingerprint density at radius 1 is 1.26 bits per heavy atom. The molecule has 19 heavy (non-hydrogen) atoms. The molecule has 0 saturated carbocycles. The molecule has 0 aliphatic carbocycles. The minimum absolute atomic E-state index is 0.217. The average Bonchev–Trinajstić information content (AvgIpc) is 2.38. The van der Waals surface area contributed by atoms with Gasteiger partial charge in [-0.3, -0.25) is 4.99 Å². The van der Waals surface area contributed by atoms with E-state index in [-0.39, 0.29) is 6.09 Å². The molecule has 2 heterocycles. The number of hydrogen-bond acceptors (Lipinski definition) is 5. The Balaban J connectivity index is 1.82. The molecule has 0 unspecified atom stereocenters. The van der Waals surface area contributed by atoms with Crippen molar-refractivity contribution >= 4 is 12.1 Å². The number of carbonyl (C=O) groups is 1. The van der Waals surface area contributed by atoms with Gasteiger partial charge in [-0.05, 0) is 27.2 Å². The zero-order valence-corrected chi connectivity index (χ0v) is 12.1. The summed E-state index contributed by atoms with van der Waals surface area (Å²) in [6.45, 7) is 10.6. The van der Waals surface area contributed by atoms with Crippen LogP contribution in [0.5, 0.6) is 0 Å². The van der Waals surface area contributed by atoms with Crippen LogP contribution in [0.2, 0.25) is 0 Å². The van der Waals surface area contributed by atoms with E-state index in [0.717, 1.165) is 38.6 Å². The Bertz CT molecular complexity index is 354. The predicted molar refractivity (Wildman–Crippen MR) is 74.3 cm³/mol. The molecular weight excluding hydrogens is 244 g/mol. The van der Waals surface area contributed by atoms with Crippen LogP contribution in [0.25, 0.3) is 0 Å². The number of nitrogens with one attached hydrogen (secondary N) is 1. The number of carbonyl (C=O) groups excluding carboxylic acids is 1. The Hall–Kier alpha value is -1.46. The van der Waals surface area contributed by atoms with Gasteiger partial charge in [-0.15, -0.1) is 0 Å². The lowest BCUT2D eigenvalue weighted by molar-refractivity contribution is 0.0185. The smallest absolute Gasteiger partial charge is 0.410 e. The number of piperazine rings is 1. The quantitative estimate of drug-likeness (QED) is 0.709. The van der Waals surface area contributed by atoms with Crippen molar-refractivity contribution in [1.29, 1.82) is 0 Å². The maximum atomic E-state index is 11.9. The lowest BCUT2D eigenvalue weighted by Crippen LogP contribution is -2.55. The largest absolute Gasteiger partial charge is 0.444 e. The van der Waals surface area contributed by atoms with Crippen molar-refractivity contribution in [2.24, 2.45) is 4.99 Å². The summed E-state index contributed by atoms with van der Waals surface area (Å²) < 4.78 is 5.38. The molecule has 1 N–H and O–H groups in total. The third-order valence-corrected chi connectivity index (χ3v) is 3.11. The number of ether oxygens (including phenoxy) is 1. The number of guanidine groups is 1. The molecule has 6 nitrogen and oxygen atoms in total. The molecule has 108 valence electrons. The minimum Gasteiger partial charge on any atom is -0.444 e. The zero-order valence-electron chi connectivity index (χ0n) is 12.1. The van der Waals surface area contributed by atoms with E-state index in [2.05, 4.69) is 15.2 Å². The van der Waals surface area contributed by atoms with Gasteiger partial charge in [0.05, 0.1) is 0 Å². The molecule has 0 radical (unpaired) electrons. The van der Waals surface area contributed by atoms with Crippen LogP contribution in [0.1, 0.15) is 27.2 Å². The van der Waals surface area contributed by atoms with Crippen molar-refractivity contribution in [2.45, 2.75) is 32.8 Å². The first-order valence-electron chi connectivity index (χ1n) is 6.97. The van der Waals surface area contributed by atoms with Crippen LogP contribution in [0.3, 0.4) is 0 Å². The van der Waals surface area contributed by atoms with E-state index >= 15 is 0 Å². The highest BCUT2D eigenvalue weighted by molar-refractivity contribution is 5.80. The van der Waals surface area contributed by atoms with E-state index in [1.807, 2.05) is 20.8 Å².